The molecule has 0 fully saturated rings. The fourth-order valence-corrected chi connectivity index (χ4v) is 1.92. The Labute approximate surface area is 92.1 Å². The molecular weight excluding hydrogens is 217 g/mol. The summed E-state index contributed by atoms with van der Waals surface area (Å²) in [6.07, 6.45) is -0.0417. The topological polar surface area (TPSA) is 40.5 Å². The summed E-state index contributed by atoms with van der Waals surface area (Å²) >= 11 is 0.861. The van der Waals surface area contributed by atoms with Crippen molar-refractivity contribution in [1.82, 2.24) is 4.90 Å². The van der Waals surface area contributed by atoms with E-state index in [4.69, 9.17) is 0 Å². The van der Waals surface area contributed by atoms with Gasteiger partial charge < -0.3 is 10.0 Å². The predicted molar refractivity (Wildman–Crippen MR) is 57.2 cm³/mol. The summed E-state index contributed by atoms with van der Waals surface area (Å²) < 4.78 is 12.8. The molecule has 1 unspecified atom stereocenters. The first kappa shape index (κ1) is 12.1. The van der Waals surface area contributed by atoms with Gasteiger partial charge in [-0.05, 0) is 19.1 Å². The first-order valence-electron chi connectivity index (χ1n) is 4.51. The van der Waals surface area contributed by atoms with Crippen LogP contribution in [-0.2, 0) is 10.4 Å². The van der Waals surface area contributed by atoms with Crippen LogP contribution in [0.25, 0.3) is 0 Å². The van der Waals surface area contributed by atoms with E-state index >= 15 is 0 Å². The highest BCUT2D eigenvalue weighted by molar-refractivity contribution is 7.10. The van der Waals surface area contributed by atoms with Crippen molar-refractivity contribution in [3.05, 3.63) is 22.1 Å². The SMILES string of the molecule is CN(C)C(=O)CC(C)(O)c1ccc(F)s1. The lowest BCUT2D eigenvalue weighted by Crippen LogP contribution is -2.31. The van der Waals surface area contributed by atoms with Crippen molar-refractivity contribution in [3.63, 3.8) is 0 Å². The van der Waals surface area contributed by atoms with Gasteiger partial charge in [0.2, 0.25) is 5.91 Å². The summed E-state index contributed by atoms with van der Waals surface area (Å²) in [6.45, 7) is 1.51. The highest BCUT2D eigenvalue weighted by Gasteiger charge is 2.29. The summed E-state index contributed by atoms with van der Waals surface area (Å²) in [5, 5.41) is 9.66. The number of hydrogen-bond donors (Lipinski definition) is 1. The molecule has 0 saturated heterocycles. The summed E-state index contributed by atoms with van der Waals surface area (Å²) in [5.41, 5.74) is -1.30. The molecule has 1 N–H and O–H groups in total. The third-order valence-corrected chi connectivity index (χ3v) is 3.23. The largest absolute Gasteiger partial charge is 0.384 e. The number of nitrogens with zero attached hydrogens (tertiary/aromatic N) is 1. The summed E-state index contributed by atoms with van der Waals surface area (Å²) in [6, 6.07) is 2.79. The average molecular weight is 231 g/mol. The molecule has 0 bridgehead atoms. The Morgan fingerprint density at radius 2 is 2.20 bits per heavy atom. The lowest BCUT2D eigenvalue weighted by atomic mass is 10.00. The molecule has 15 heavy (non-hydrogen) atoms. The second-order valence-electron chi connectivity index (χ2n) is 3.84. The monoisotopic (exact) mass is 231 g/mol. The number of thiophene rings is 1. The second-order valence-corrected chi connectivity index (χ2v) is 4.88. The first-order chi connectivity index (χ1) is 6.83. The van der Waals surface area contributed by atoms with E-state index in [0.29, 0.717) is 4.88 Å². The van der Waals surface area contributed by atoms with Crippen LogP contribution >= 0.6 is 11.3 Å². The summed E-state index contributed by atoms with van der Waals surface area (Å²) in [7, 11) is 3.24. The Bertz CT molecular complexity index is 360. The molecule has 1 heterocycles. The summed E-state index contributed by atoms with van der Waals surface area (Å²) in [5.74, 6) is -0.186. The van der Waals surface area contributed by atoms with Crippen molar-refractivity contribution >= 4 is 17.2 Å². The number of aliphatic hydroxyl groups is 1. The molecule has 3 nitrogen and oxygen atoms in total. The molecule has 0 radical (unpaired) electrons. The Morgan fingerprint density at radius 1 is 1.60 bits per heavy atom. The van der Waals surface area contributed by atoms with Gasteiger partial charge in [-0.3, -0.25) is 4.79 Å². The Morgan fingerprint density at radius 3 is 2.60 bits per heavy atom. The Hall–Kier alpha value is -0.940. The van der Waals surface area contributed by atoms with E-state index in [9.17, 15) is 14.3 Å². The molecule has 1 rings (SSSR count). The number of carbonyl (C=O) groups is 1. The van der Waals surface area contributed by atoms with Gasteiger partial charge in [0.1, 0.15) is 5.60 Å². The van der Waals surface area contributed by atoms with E-state index in [2.05, 4.69) is 0 Å². The van der Waals surface area contributed by atoms with E-state index < -0.39 is 5.60 Å². The highest BCUT2D eigenvalue weighted by Crippen LogP contribution is 2.30. The van der Waals surface area contributed by atoms with Gasteiger partial charge in [0.05, 0.1) is 6.42 Å². The van der Waals surface area contributed by atoms with Crippen LogP contribution in [0.1, 0.15) is 18.2 Å². The van der Waals surface area contributed by atoms with Gasteiger partial charge in [-0.1, -0.05) is 0 Å². The Kier molecular flexibility index (Phi) is 3.46. The van der Waals surface area contributed by atoms with Crippen molar-refractivity contribution in [3.8, 4) is 0 Å². The third kappa shape index (κ3) is 3.00. The molecule has 0 aliphatic heterocycles. The van der Waals surface area contributed by atoms with Crippen molar-refractivity contribution in [2.24, 2.45) is 0 Å². The number of rotatable bonds is 3. The van der Waals surface area contributed by atoms with Crippen molar-refractivity contribution in [1.29, 1.82) is 0 Å². The smallest absolute Gasteiger partial charge is 0.225 e. The molecular formula is C10H14FNO2S. The van der Waals surface area contributed by atoms with E-state index in [-0.39, 0.29) is 17.5 Å². The fourth-order valence-electron chi connectivity index (χ4n) is 1.14. The number of amides is 1. The molecule has 1 atom stereocenters. The highest BCUT2D eigenvalue weighted by atomic mass is 32.1. The molecule has 1 amide bonds. The number of carbonyl (C=O) groups excluding carboxylic acids is 1. The number of halogens is 1. The molecule has 0 aliphatic carbocycles. The standard InChI is InChI=1S/C10H14FNO2S/c1-10(14,6-9(13)12(2)3)7-4-5-8(11)15-7/h4-5,14H,6H2,1-3H3. The van der Waals surface area contributed by atoms with E-state index in [1.807, 2.05) is 0 Å². The normalized spacial score (nSPS) is 14.7. The minimum atomic E-state index is -1.30. The molecule has 1 aromatic rings. The lowest BCUT2D eigenvalue weighted by molar-refractivity contribution is -0.133. The molecule has 5 heteroatoms. The Balaban J connectivity index is 2.79. The zero-order chi connectivity index (χ0) is 11.6. The average Bonchev–Trinajstić information content (AvgIpc) is 2.51. The predicted octanol–water partition coefficient (Wildman–Crippen LogP) is 1.57. The van der Waals surface area contributed by atoms with Crippen LogP contribution in [0.5, 0.6) is 0 Å². The first-order valence-corrected chi connectivity index (χ1v) is 5.33. The van der Waals surface area contributed by atoms with Crippen LogP contribution < -0.4 is 0 Å². The van der Waals surface area contributed by atoms with Gasteiger partial charge in [-0.2, -0.15) is 4.39 Å². The number of hydrogen-bond acceptors (Lipinski definition) is 3. The zero-order valence-electron chi connectivity index (χ0n) is 8.95. The van der Waals surface area contributed by atoms with Crippen molar-refractivity contribution < 1.29 is 14.3 Å². The summed E-state index contributed by atoms with van der Waals surface area (Å²) in [4.78, 5) is 13.3. The maximum atomic E-state index is 12.8. The quantitative estimate of drug-likeness (QED) is 0.858. The van der Waals surface area contributed by atoms with Gasteiger partial charge >= 0.3 is 0 Å². The van der Waals surface area contributed by atoms with Crippen LogP contribution in [0, 0.1) is 5.13 Å². The molecule has 0 spiro atoms. The molecule has 0 saturated carbocycles. The van der Waals surface area contributed by atoms with Crippen LogP contribution in [0.3, 0.4) is 0 Å². The lowest BCUT2D eigenvalue weighted by Gasteiger charge is -2.22. The van der Waals surface area contributed by atoms with Crippen LogP contribution in [-0.4, -0.2) is 30.0 Å². The van der Waals surface area contributed by atoms with Gasteiger partial charge in [-0.15, -0.1) is 11.3 Å². The molecule has 0 aliphatic rings. The maximum absolute atomic E-state index is 12.8. The minimum Gasteiger partial charge on any atom is -0.384 e. The van der Waals surface area contributed by atoms with Gasteiger partial charge in [0.25, 0.3) is 0 Å². The van der Waals surface area contributed by atoms with Crippen molar-refractivity contribution in [2.45, 2.75) is 18.9 Å². The van der Waals surface area contributed by atoms with Crippen LogP contribution in [0.2, 0.25) is 0 Å². The van der Waals surface area contributed by atoms with Crippen molar-refractivity contribution in [2.75, 3.05) is 14.1 Å². The maximum Gasteiger partial charge on any atom is 0.225 e. The van der Waals surface area contributed by atoms with E-state index in [0.717, 1.165) is 11.3 Å². The van der Waals surface area contributed by atoms with E-state index in [1.165, 1.54) is 24.0 Å². The fraction of sp³-hybridized carbons (Fsp3) is 0.500. The molecule has 84 valence electrons. The van der Waals surface area contributed by atoms with Crippen LogP contribution in [0.15, 0.2) is 12.1 Å². The van der Waals surface area contributed by atoms with Crippen LogP contribution in [0.4, 0.5) is 4.39 Å². The zero-order valence-corrected chi connectivity index (χ0v) is 9.77. The van der Waals surface area contributed by atoms with E-state index in [1.54, 1.807) is 14.1 Å². The third-order valence-electron chi connectivity index (χ3n) is 2.10. The molecule has 0 aromatic carbocycles. The van der Waals surface area contributed by atoms with Gasteiger partial charge in [0, 0.05) is 19.0 Å². The van der Waals surface area contributed by atoms with Gasteiger partial charge in [0.15, 0.2) is 5.13 Å². The van der Waals surface area contributed by atoms with Gasteiger partial charge in [-0.25, -0.2) is 0 Å². The minimum absolute atomic E-state index is 0.0417. The molecule has 1 aromatic heterocycles. The second kappa shape index (κ2) is 4.28.